The molecule has 0 saturated carbocycles. The molecule has 7 heteroatoms. The Labute approximate surface area is 114 Å². The molecule has 0 atom stereocenters. The van der Waals surface area contributed by atoms with Crippen molar-refractivity contribution >= 4 is 23.2 Å². The Bertz CT molecular complexity index is 491. The predicted molar refractivity (Wildman–Crippen MR) is 67.3 cm³/mol. The molecular weight excluding hydrogens is 277 g/mol. The lowest BCUT2D eigenvalue weighted by molar-refractivity contribution is 0.205. The molecule has 2 aromatic rings. The van der Waals surface area contributed by atoms with Crippen LogP contribution >= 0.6 is 23.2 Å². The Hall–Kier alpha value is -1.59. The zero-order valence-corrected chi connectivity index (χ0v) is 10.7. The molecule has 5 nitrogen and oxygen atoms in total. The highest BCUT2D eigenvalue weighted by atomic mass is 35.5. The predicted octanol–water partition coefficient (Wildman–Crippen LogP) is 2.64. The maximum Gasteiger partial charge on any atom is 0.322 e. The largest absolute Gasteiger partial charge is 0.490 e. The SMILES string of the molecule is Clc1nc(Cl)nc(OCCOc2ccccc2)n1. The number of halogens is 2. The molecule has 0 aliphatic rings. The number of hydrogen-bond donors (Lipinski definition) is 0. The van der Waals surface area contributed by atoms with Gasteiger partial charge in [0.05, 0.1) is 0 Å². The van der Waals surface area contributed by atoms with Gasteiger partial charge in [0.1, 0.15) is 19.0 Å². The van der Waals surface area contributed by atoms with Crippen LogP contribution in [-0.2, 0) is 0 Å². The molecule has 1 aromatic heterocycles. The summed E-state index contributed by atoms with van der Waals surface area (Å²) in [5, 5.41) is -0.0112. The molecular formula is C11H9Cl2N3O2. The van der Waals surface area contributed by atoms with Crippen LogP contribution in [0.25, 0.3) is 0 Å². The second-order valence-electron chi connectivity index (χ2n) is 3.17. The molecule has 0 N–H and O–H groups in total. The van der Waals surface area contributed by atoms with Gasteiger partial charge in [0, 0.05) is 0 Å². The fraction of sp³-hybridized carbons (Fsp3) is 0.182. The number of benzene rings is 1. The smallest absolute Gasteiger partial charge is 0.322 e. The number of para-hydroxylation sites is 1. The molecule has 0 radical (unpaired) electrons. The van der Waals surface area contributed by atoms with Crippen LogP contribution in [0.1, 0.15) is 0 Å². The fourth-order valence-corrected chi connectivity index (χ4v) is 1.53. The number of aromatic nitrogens is 3. The van der Waals surface area contributed by atoms with E-state index in [2.05, 4.69) is 15.0 Å². The van der Waals surface area contributed by atoms with Crippen molar-refractivity contribution < 1.29 is 9.47 Å². The molecule has 0 aliphatic heterocycles. The van der Waals surface area contributed by atoms with E-state index in [1.165, 1.54) is 0 Å². The molecule has 0 saturated heterocycles. The van der Waals surface area contributed by atoms with Crippen molar-refractivity contribution in [3.8, 4) is 11.8 Å². The van der Waals surface area contributed by atoms with Crippen LogP contribution in [-0.4, -0.2) is 28.2 Å². The summed E-state index contributed by atoms with van der Waals surface area (Å²) in [4.78, 5) is 11.1. The summed E-state index contributed by atoms with van der Waals surface area (Å²) in [6.45, 7) is 0.649. The molecule has 94 valence electrons. The summed E-state index contributed by atoms with van der Waals surface area (Å²) in [7, 11) is 0. The Morgan fingerprint density at radius 1 is 0.833 bits per heavy atom. The van der Waals surface area contributed by atoms with Crippen molar-refractivity contribution in [1.29, 1.82) is 0 Å². The molecule has 1 heterocycles. The van der Waals surface area contributed by atoms with Crippen molar-refractivity contribution in [2.75, 3.05) is 13.2 Å². The van der Waals surface area contributed by atoms with Crippen LogP contribution in [0.3, 0.4) is 0 Å². The monoisotopic (exact) mass is 285 g/mol. The average Bonchev–Trinajstić information content (AvgIpc) is 2.35. The van der Waals surface area contributed by atoms with Crippen molar-refractivity contribution in [2.24, 2.45) is 0 Å². The van der Waals surface area contributed by atoms with E-state index in [-0.39, 0.29) is 23.2 Å². The van der Waals surface area contributed by atoms with E-state index in [1.54, 1.807) is 0 Å². The van der Waals surface area contributed by atoms with Gasteiger partial charge in [-0.25, -0.2) is 0 Å². The first kappa shape index (κ1) is 12.9. The number of nitrogens with zero attached hydrogens (tertiary/aromatic N) is 3. The molecule has 0 bridgehead atoms. The first-order valence-corrected chi connectivity index (χ1v) is 5.87. The summed E-state index contributed by atoms with van der Waals surface area (Å²) in [5.74, 6) is 0.771. The fourth-order valence-electron chi connectivity index (χ4n) is 1.18. The molecule has 2 rings (SSSR count). The highest BCUT2D eigenvalue weighted by molar-refractivity contribution is 6.31. The van der Waals surface area contributed by atoms with E-state index < -0.39 is 0 Å². The second-order valence-corrected chi connectivity index (χ2v) is 3.84. The lowest BCUT2D eigenvalue weighted by Gasteiger charge is -2.06. The van der Waals surface area contributed by atoms with E-state index >= 15 is 0 Å². The first-order valence-electron chi connectivity index (χ1n) is 5.12. The third kappa shape index (κ3) is 4.01. The highest BCUT2D eigenvalue weighted by Gasteiger charge is 2.03. The quantitative estimate of drug-likeness (QED) is 0.791. The maximum absolute atomic E-state index is 5.60. The van der Waals surface area contributed by atoms with Gasteiger partial charge in [0.25, 0.3) is 0 Å². The number of rotatable bonds is 5. The standard InChI is InChI=1S/C11H9Cl2N3O2/c12-9-14-10(13)16-11(15-9)18-7-6-17-8-4-2-1-3-5-8/h1-5H,6-7H2. The highest BCUT2D eigenvalue weighted by Crippen LogP contribution is 2.11. The molecule has 0 fully saturated rings. The van der Waals surface area contributed by atoms with Gasteiger partial charge in [-0.3, -0.25) is 0 Å². The summed E-state index contributed by atoms with van der Waals surface area (Å²) >= 11 is 11.2. The lowest BCUT2D eigenvalue weighted by Crippen LogP contribution is -2.11. The summed E-state index contributed by atoms with van der Waals surface area (Å²) in [5.41, 5.74) is 0. The van der Waals surface area contributed by atoms with Crippen LogP contribution in [0.4, 0.5) is 0 Å². The zero-order valence-electron chi connectivity index (χ0n) is 9.22. The third-order valence-electron chi connectivity index (χ3n) is 1.89. The molecule has 18 heavy (non-hydrogen) atoms. The van der Waals surface area contributed by atoms with Gasteiger partial charge in [0.15, 0.2) is 0 Å². The van der Waals surface area contributed by atoms with Gasteiger partial charge in [-0.05, 0) is 35.3 Å². The topological polar surface area (TPSA) is 57.1 Å². The molecule has 0 amide bonds. The van der Waals surface area contributed by atoms with Crippen LogP contribution < -0.4 is 9.47 Å². The second kappa shape index (κ2) is 6.37. The van der Waals surface area contributed by atoms with Gasteiger partial charge in [-0.2, -0.15) is 15.0 Å². The maximum atomic E-state index is 5.60. The van der Waals surface area contributed by atoms with Gasteiger partial charge < -0.3 is 9.47 Å². The number of hydrogen-bond acceptors (Lipinski definition) is 5. The van der Waals surface area contributed by atoms with Crippen molar-refractivity contribution in [3.05, 3.63) is 40.9 Å². The summed E-state index contributed by atoms with van der Waals surface area (Å²) in [6, 6.07) is 9.49. The van der Waals surface area contributed by atoms with Crippen LogP contribution in [0.2, 0.25) is 10.6 Å². The minimum absolute atomic E-state index is 0.00558. The minimum atomic E-state index is -0.00558. The van der Waals surface area contributed by atoms with Gasteiger partial charge in [0.2, 0.25) is 10.6 Å². The average molecular weight is 286 g/mol. The van der Waals surface area contributed by atoms with Crippen molar-refractivity contribution in [2.45, 2.75) is 0 Å². The van der Waals surface area contributed by atoms with Crippen molar-refractivity contribution in [3.63, 3.8) is 0 Å². The normalized spacial score (nSPS) is 10.1. The van der Waals surface area contributed by atoms with E-state index in [1.807, 2.05) is 30.3 Å². The molecule has 0 unspecified atom stereocenters. The van der Waals surface area contributed by atoms with E-state index in [4.69, 9.17) is 32.7 Å². The summed E-state index contributed by atoms with van der Waals surface area (Å²) in [6.07, 6.45) is 0. The minimum Gasteiger partial charge on any atom is -0.490 e. The van der Waals surface area contributed by atoms with E-state index in [0.717, 1.165) is 5.75 Å². The van der Waals surface area contributed by atoms with Gasteiger partial charge in [-0.1, -0.05) is 18.2 Å². The zero-order chi connectivity index (χ0) is 12.8. The van der Waals surface area contributed by atoms with E-state index in [0.29, 0.717) is 6.61 Å². The van der Waals surface area contributed by atoms with Crippen LogP contribution in [0.5, 0.6) is 11.8 Å². The molecule has 1 aromatic carbocycles. The Morgan fingerprint density at radius 2 is 1.44 bits per heavy atom. The Morgan fingerprint density at radius 3 is 2.11 bits per heavy atom. The summed E-state index contributed by atoms with van der Waals surface area (Å²) < 4.78 is 10.7. The van der Waals surface area contributed by atoms with Crippen LogP contribution in [0, 0.1) is 0 Å². The third-order valence-corrected chi connectivity index (χ3v) is 2.22. The first-order chi connectivity index (χ1) is 8.74. The molecule has 0 spiro atoms. The van der Waals surface area contributed by atoms with Gasteiger partial charge in [-0.15, -0.1) is 0 Å². The van der Waals surface area contributed by atoms with Gasteiger partial charge >= 0.3 is 6.01 Å². The molecule has 0 aliphatic carbocycles. The Kier molecular flexibility index (Phi) is 4.55. The van der Waals surface area contributed by atoms with E-state index in [9.17, 15) is 0 Å². The number of ether oxygens (including phenoxy) is 2. The lowest BCUT2D eigenvalue weighted by atomic mass is 10.3. The Balaban J connectivity index is 1.78. The van der Waals surface area contributed by atoms with Crippen LogP contribution in [0.15, 0.2) is 30.3 Å². The van der Waals surface area contributed by atoms with Crippen molar-refractivity contribution in [1.82, 2.24) is 15.0 Å².